The SMILES string of the molecule is O=C(Cc1cccc(OCc2ccccc2)c1)C1CC2COCC(C1)N2. The van der Waals surface area contributed by atoms with E-state index in [9.17, 15) is 4.79 Å². The summed E-state index contributed by atoms with van der Waals surface area (Å²) in [5, 5.41) is 3.55. The number of piperidine rings is 1. The number of carbonyl (C=O) groups excluding carboxylic acids is 1. The molecule has 2 aromatic carbocycles. The topological polar surface area (TPSA) is 47.6 Å². The van der Waals surface area contributed by atoms with Crippen LogP contribution >= 0.6 is 0 Å². The molecule has 0 aromatic heterocycles. The lowest BCUT2D eigenvalue weighted by atomic mass is 9.82. The number of rotatable bonds is 6. The van der Waals surface area contributed by atoms with Crippen LogP contribution in [0.2, 0.25) is 0 Å². The van der Waals surface area contributed by atoms with E-state index in [-0.39, 0.29) is 5.92 Å². The Morgan fingerprint density at radius 3 is 2.50 bits per heavy atom. The number of nitrogens with one attached hydrogen (secondary N) is 1. The van der Waals surface area contributed by atoms with Crippen LogP contribution in [0.15, 0.2) is 54.6 Å². The largest absolute Gasteiger partial charge is 0.489 e. The van der Waals surface area contributed by atoms with E-state index >= 15 is 0 Å². The lowest BCUT2D eigenvalue weighted by Crippen LogP contribution is -2.55. The van der Waals surface area contributed by atoms with Crippen LogP contribution in [-0.4, -0.2) is 31.1 Å². The minimum absolute atomic E-state index is 0.143. The van der Waals surface area contributed by atoms with Crippen LogP contribution in [0, 0.1) is 5.92 Å². The van der Waals surface area contributed by atoms with E-state index in [2.05, 4.69) is 5.32 Å². The maximum absolute atomic E-state index is 12.8. The lowest BCUT2D eigenvalue weighted by Gasteiger charge is -2.39. The van der Waals surface area contributed by atoms with Gasteiger partial charge in [0, 0.05) is 24.4 Å². The first-order valence-corrected chi connectivity index (χ1v) is 9.38. The number of benzene rings is 2. The molecule has 2 bridgehead atoms. The monoisotopic (exact) mass is 351 g/mol. The van der Waals surface area contributed by atoms with Crippen molar-refractivity contribution in [2.45, 2.75) is 38.0 Å². The van der Waals surface area contributed by atoms with Crippen molar-refractivity contribution in [2.75, 3.05) is 13.2 Å². The summed E-state index contributed by atoms with van der Waals surface area (Å²) in [5.74, 6) is 1.29. The molecule has 1 N–H and O–H groups in total. The lowest BCUT2D eigenvalue weighted by molar-refractivity contribution is -0.125. The van der Waals surface area contributed by atoms with E-state index in [1.165, 1.54) is 0 Å². The van der Waals surface area contributed by atoms with Crippen LogP contribution in [0.3, 0.4) is 0 Å². The Morgan fingerprint density at radius 1 is 1.00 bits per heavy atom. The van der Waals surface area contributed by atoms with Crippen LogP contribution in [0.5, 0.6) is 5.75 Å². The highest BCUT2D eigenvalue weighted by Gasteiger charge is 2.34. The fourth-order valence-electron chi connectivity index (χ4n) is 3.93. The molecule has 2 atom stereocenters. The number of hydrogen-bond acceptors (Lipinski definition) is 4. The zero-order valence-electron chi connectivity index (χ0n) is 14.9. The molecule has 0 amide bonds. The van der Waals surface area contributed by atoms with Gasteiger partial charge in [0.25, 0.3) is 0 Å². The first-order chi connectivity index (χ1) is 12.8. The van der Waals surface area contributed by atoms with Crippen LogP contribution < -0.4 is 10.1 Å². The molecule has 26 heavy (non-hydrogen) atoms. The fourth-order valence-corrected chi connectivity index (χ4v) is 3.93. The summed E-state index contributed by atoms with van der Waals surface area (Å²) in [4.78, 5) is 12.8. The van der Waals surface area contributed by atoms with E-state index in [4.69, 9.17) is 9.47 Å². The van der Waals surface area contributed by atoms with Crippen molar-refractivity contribution in [1.29, 1.82) is 0 Å². The second kappa shape index (κ2) is 8.02. The van der Waals surface area contributed by atoms with E-state index in [0.717, 1.165) is 42.9 Å². The maximum Gasteiger partial charge on any atom is 0.140 e. The smallest absolute Gasteiger partial charge is 0.140 e. The Kier molecular flexibility index (Phi) is 5.32. The summed E-state index contributed by atoms with van der Waals surface area (Å²) in [6.45, 7) is 1.99. The average molecular weight is 351 g/mol. The number of ether oxygens (including phenoxy) is 2. The summed E-state index contributed by atoms with van der Waals surface area (Å²) in [6.07, 6.45) is 2.26. The van der Waals surface area contributed by atoms with E-state index in [1.807, 2.05) is 54.6 Å². The van der Waals surface area contributed by atoms with Gasteiger partial charge in [-0.3, -0.25) is 4.79 Å². The molecule has 0 aliphatic carbocycles. The van der Waals surface area contributed by atoms with Crippen molar-refractivity contribution < 1.29 is 14.3 Å². The summed E-state index contributed by atoms with van der Waals surface area (Å²) >= 11 is 0. The molecule has 2 saturated heterocycles. The standard InChI is InChI=1S/C22H25NO3/c24-22(18-11-19-14-25-15-20(12-18)23-19)10-17-7-4-8-21(9-17)26-13-16-5-2-1-3-6-16/h1-9,18-20,23H,10-15H2. The van der Waals surface area contributed by atoms with Gasteiger partial charge in [-0.2, -0.15) is 0 Å². The predicted molar refractivity (Wildman–Crippen MR) is 100 cm³/mol. The number of hydrogen-bond donors (Lipinski definition) is 1. The van der Waals surface area contributed by atoms with Crippen molar-refractivity contribution in [3.63, 3.8) is 0 Å². The Bertz CT molecular complexity index is 734. The summed E-state index contributed by atoms with van der Waals surface area (Å²) in [5.41, 5.74) is 2.16. The van der Waals surface area contributed by atoms with Gasteiger partial charge in [0.1, 0.15) is 18.1 Å². The van der Waals surface area contributed by atoms with Crippen LogP contribution in [0.25, 0.3) is 0 Å². The summed E-state index contributed by atoms with van der Waals surface area (Å²) < 4.78 is 11.5. The van der Waals surface area contributed by atoms with E-state index in [0.29, 0.717) is 30.9 Å². The van der Waals surface area contributed by atoms with Gasteiger partial charge in [-0.25, -0.2) is 0 Å². The molecule has 4 heteroatoms. The molecular formula is C22H25NO3. The van der Waals surface area contributed by atoms with Gasteiger partial charge >= 0.3 is 0 Å². The highest BCUT2D eigenvalue weighted by atomic mass is 16.5. The third kappa shape index (κ3) is 4.32. The second-order valence-corrected chi connectivity index (χ2v) is 7.33. The minimum atomic E-state index is 0.143. The molecule has 136 valence electrons. The van der Waals surface area contributed by atoms with Crippen molar-refractivity contribution in [3.05, 3.63) is 65.7 Å². The van der Waals surface area contributed by atoms with Gasteiger partial charge in [0.15, 0.2) is 0 Å². The van der Waals surface area contributed by atoms with Crippen LogP contribution in [-0.2, 0) is 22.6 Å². The molecule has 2 heterocycles. The Morgan fingerprint density at radius 2 is 1.73 bits per heavy atom. The number of ketones is 1. The third-order valence-electron chi connectivity index (χ3n) is 5.23. The molecule has 2 aliphatic heterocycles. The Labute approximate surface area is 154 Å². The highest BCUT2D eigenvalue weighted by Crippen LogP contribution is 2.26. The van der Waals surface area contributed by atoms with Crippen molar-refractivity contribution in [1.82, 2.24) is 5.32 Å². The first-order valence-electron chi connectivity index (χ1n) is 9.38. The molecule has 4 rings (SSSR count). The van der Waals surface area contributed by atoms with Gasteiger partial charge in [-0.05, 0) is 36.1 Å². The highest BCUT2D eigenvalue weighted by molar-refractivity contribution is 5.83. The zero-order valence-corrected chi connectivity index (χ0v) is 14.9. The Balaban J connectivity index is 1.35. The van der Waals surface area contributed by atoms with Gasteiger partial charge < -0.3 is 14.8 Å². The van der Waals surface area contributed by atoms with Gasteiger partial charge in [0.2, 0.25) is 0 Å². The average Bonchev–Trinajstić information content (AvgIpc) is 2.67. The minimum Gasteiger partial charge on any atom is -0.489 e. The number of Topliss-reactive ketones (excluding diaryl/α,β-unsaturated/α-hetero) is 1. The van der Waals surface area contributed by atoms with Gasteiger partial charge in [-0.15, -0.1) is 0 Å². The number of morpholine rings is 1. The normalized spacial score (nSPS) is 24.8. The van der Waals surface area contributed by atoms with Gasteiger partial charge in [-0.1, -0.05) is 42.5 Å². The van der Waals surface area contributed by atoms with E-state index in [1.54, 1.807) is 0 Å². The molecule has 2 unspecified atom stereocenters. The molecule has 0 radical (unpaired) electrons. The molecule has 2 aliphatic rings. The maximum atomic E-state index is 12.8. The van der Waals surface area contributed by atoms with Crippen molar-refractivity contribution in [2.24, 2.45) is 5.92 Å². The number of fused-ring (bicyclic) bond motifs is 2. The van der Waals surface area contributed by atoms with E-state index < -0.39 is 0 Å². The Hall–Kier alpha value is -2.17. The second-order valence-electron chi connectivity index (χ2n) is 7.33. The molecular weight excluding hydrogens is 326 g/mol. The zero-order chi connectivity index (χ0) is 17.8. The van der Waals surface area contributed by atoms with Crippen molar-refractivity contribution >= 4 is 5.78 Å². The number of carbonyl (C=O) groups is 1. The third-order valence-corrected chi connectivity index (χ3v) is 5.23. The molecule has 4 nitrogen and oxygen atoms in total. The van der Waals surface area contributed by atoms with Crippen LogP contribution in [0.1, 0.15) is 24.0 Å². The predicted octanol–water partition coefficient (Wildman–Crippen LogP) is 3.14. The first kappa shape index (κ1) is 17.3. The van der Waals surface area contributed by atoms with Gasteiger partial charge in [0.05, 0.1) is 13.2 Å². The fraction of sp³-hybridized carbons (Fsp3) is 0.409. The molecule has 2 fully saturated rings. The quantitative estimate of drug-likeness (QED) is 0.869. The molecule has 0 saturated carbocycles. The molecule has 2 aromatic rings. The molecule has 0 spiro atoms. The van der Waals surface area contributed by atoms with Crippen LogP contribution in [0.4, 0.5) is 0 Å². The summed E-state index contributed by atoms with van der Waals surface area (Å²) in [6, 6.07) is 18.7. The van der Waals surface area contributed by atoms with Crippen molar-refractivity contribution in [3.8, 4) is 5.75 Å². The summed E-state index contributed by atoms with van der Waals surface area (Å²) in [7, 11) is 0.